The number of benzene rings is 3. The summed E-state index contributed by atoms with van der Waals surface area (Å²) in [4.78, 5) is 26.1. The second kappa shape index (κ2) is 8.02. The zero-order valence-corrected chi connectivity index (χ0v) is 17.9. The third-order valence-corrected chi connectivity index (χ3v) is 6.89. The molecule has 8 heteroatoms. The summed E-state index contributed by atoms with van der Waals surface area (Å²) in [7, 11) is -2.75. The average molecular weight is 454 g/mol. The lowest BCUT2D eigenvalue weighted by molar-refractivity contribution is 0.0686. The molecule has 0 radical (unpaired) electrons. The van der Waals surface area contributed by atoms with Gasteiger partial charge in [-0.25, -0.2) is 13.2 Å². The van der Waals surface area contributed by atoms with E-state index in [0.717, 1.165) is 4.31 Å². The number of rotatable bonds is 4. The monoisotopic (exact) mass is 453 g/mol. The maximum atomic E-state index is 13.3. The predicted octanol–water partition coefficient (Wildman–Crippen LogP) is 4.38. The summed E-state index contributed by atoms with van der Waals surface area (Å²) in [5.74, 6) is -1.45. The van der Waals surface area contributed by atoms with Crippen LogP contribution in [0.5, 0.6) is 0 Å². The number of allylic oxidation sites excluding steroid dienone is 1. The average Bonchev–Trinajstić information content (AvgIpc) is 2.78. The van der Waals surface area contributed by atoms with Gasteiger partial charge in [0.2, 0.25) is 5.78 Å². The molecule has 0 atom stereocenters. The molecule has 0 amide bonds. The number of fused-ring (bicyclic) bond motifs is 1. The summed E-state index contributed by atoms with van der Waals surface area (Å²) in [6.45, 7) is 0. The molecule has 156 valence electrons. The van der Waals surface area contributed by atoms with Gasteiger partial charge >= 0.3 is 5.97 Å². The zero-order valence-electron chi connectivity index (χ0n) is 16.3. The van der Waals surface area contributed by atoms with E-state index >= 15 is 0 Å². The fraction of sp³-hybridized carbons (Fsp3) is 0.0435. The van der Waals surface area contributed by atoms with E-state index in [1.807, 2.05) is 0 Å². The van der Waals surface area contributed by atoms with Crippen molar-refractivity contribution in [1.29, 1.82) is 0 Å². The van der Waals surface area contributed by atoms with Crippen LogP contribution in [0.4, 0.5) is 0 Å². The van der Waals surface area contributed by atoms with Crippen LogP contribution in [0, 0.1) is 0 Å². The van der Waals surface area contributed by atoms with Gasteiger partial charge in [-0.3, -0.25) is 9.10 Å². The first kappa shape index (κ1) is 20.8. The third-order valence-electron chi connectivity index (χ3n) is 4.83. The van der Waals surface area contributed by atoms with Crippen LogP contribution in [-0.2, 0) is 14.8 Å². The number of sulfonamides is 1. The van der Waals surface area contributed by atoms with Crippen LogP contribution in [0.15, 0.2) is 89.5 Å². The standard InChI is InChI=1S/C23H16ClNO5S/c1-25-20(21(26)15-7-3-2-4-8-15)22(18-9-5-6-10-19(18)31(25,28)29)30-23(27)16-11-13-17(24)14-12-16/h2-14H,1H3. The smallest absolute Gasteiger partial charge is 0.343 e. The topological polar surface area (TPSA) is 80.8 Å². The lowest BCUT2D eigenvalue weighted by Crippen LogP contribution is -2.36. The number of hydrogen-bond acceptors (Lipinski definition) is 5. The molecule has 1 aliphatic heterocycles. The minimum atomic E-state index is -4.02. The molecule has 0 unspecified atom stereocenters. The Hall–Kier alpha value is -3.42. The normalized spacial score (nSPS) is 14.7. The van der Waals surface area contributed by atoms with Gasteiger partial charge in [0.15, 0.2) is 5.76 Å². The van der Waals surface area contributed by atoms with Crippen molar-refractivity contribution in [3.8, 4) is 0 Å². The van der Waals surface area contributed by atoms with Crippen LogP contribution in [0.2, 0.25) is 5.02 Å². The van der Waals surface area contributed by atoms with Crippen molar-refractivity contribution >= 4 is 39.1 Å². The molecule has 3 aromatic carbocycles. The van der Waals surface area contributed by atoms with Crippen LogP contribution in [0.25, 0.3) is 5.76 Å². The summed E-state index contributed by atoms with van der Waals surface area (Å²) in [6, 6.07) is 20.3. The number of carbonyl (C=O) groups excluding carboxylic acids is 2. The molecule has 3 aromatic rings. The Balaban J connectivity index is 1.91. The summed E-state index contributed by atoms with van der Waals surface area (Å²) in [5.41, 5.74) is 0.366. The van der Waals surface area contributed by atoms with E-state index in [0.29, 0.717) is 5.02 Å². The summed E-state index contributed by atoms with van der Waals surface area (Å²) in [6.07, 6.45) is 0. The van der Waals surface area contributed by atoms with Crippen LogP contribution in [0.3, 0.4) is 0 Å². The molecule has 0 aliphatic carbocycles. The first-order valence-corrected chi connectivity index (χ1v) is 11.0. The minimum absolute atomic E-state index is 0.0546. The van der Waals surface area contributed by atoms with Crippen molar-refractivity contribution in [3.05, 3.63) is 106 Å². The van der Waals surface area contributed by atoms with Crippen molar-refractivity contribution in [2.45, 2.75) is 4.90 Å². The van der Waals surface area contributed by atoms with Gasteiger partial charge in [0.05, 0.1) is 10.5 Å². The summed E-state index contributed by atoms with van der Waals surface area (Å²) < 4.78 is 32.6. The second-order valence-electron chi connectivity index (χ2n) is 6.74. The number of carbonyl (C=O) groups is 2. The van der Waals surface area contributed by atoms with Crippen molar-refractivity contribution in [1.82, 2.24) is 4.31 Å². The van der Waals surface area contributed by atoms with Gasteiger partial charge in [-0.1, -0.05) is 54.1 Å². The van der Waals surface area contributed by atoms with Gasteiger partial charge in [0.25, 0.3) is 10.0 Å². The Labute approximate surface area is 184 Å². The lowest BCUT2D eigenvalue weighted by atomic mass is 10.0. The number of ether oxygens (including phenoxy) is 1. The lowest BCUT2D eigenvalue weighted by Gasteiger charge is -2.30. The molecule has 0 bridgehead atoms. The van der Waals surface area contributed by atoms with E-state index in [2.05, 4.69) is 0 Å². The number of nitrogens with zero attached hydrogens (tertiary/aromatic N) is 1. The number of hydrogen-bond donors (Lipinski definition) is 0. The highest BCUT2D eigenvalue weighted by Crippen LogP contribution is 2.38. The molecule has 4 rings (SSSR count). The quantitative estimate of drug-likeness (QED) is 0.432. The van der Waals surface area contributed by atoms with Gasteiger partial charge in [-0.2, -0.15) is 0 Å². The SMILES string of the molecule is CN1C(C(=O)c2ccccc2)=C(OC(=O)c2ccc(Cl)cc2)c2ccccc2S1(=O)=O. The van der Waals surface area contributed by atoms with E-state index in [1.54, 1.807) is 42.5 Å². The van der Waals surface area contributed by atoms with Crippen LogP contribution >= 0.6 is 11.6 Å². The molecule has 0 spiro atoms. The van der Waals surface area contributed by atoms with Crippen LogP contribution in [0.1, 0.15) is 26.3 Å². The molecule has 1 heterocycles. The fourth-order valence-corrected chi connectivity index (χ4v) is 4.75. The highest BCUT2D eigenvalue weighted by Gasteiger charge is 2.39. The predicted molar refractivity (Wildman–Crippen MR) is 116 cm³/mol. The second-order valence-corrected chi connectivity index (χ2v) is 9.11. The maximum Gasteiger partial charge on any atom is 0.343 e. The number of esters is 1. The molecule has 1 aliphatic rings. The first-order valence-electron chi connectivity index (χ1n) is 9.21. The van der Waals surface area contributed by atoms with Gasteiger partial charge in [-0.15, -0.1) is 0 Å². The van der Waals surface area contributed by atoms with E-state index < -0.39 is 21.8 Å². The van der Waals surface area contributed by atoms with Crippen LogP contribution < -0.4 is 0 Å². The molecule has 6 nitrogen and oxygen atoms in total. The molecule has 0 aromatic heterocycles. The third kappa shape index (κ3) is 3.73. The number of halogens is 1. The Morgan fingerprint density at radius 3 is 2.13 bits per heavy atom. The van der Waals surface area contributed by atoms with E-state index in [4.69, 9.17) is 16.3 Å². The Morgan fingerprint density at radius 1 is 0.839 bits per heavy atom. The molecular weight excluding hydrogens is 438 g/mol. The van der Waals surface area contributed by atoms with Gasteiger partial charge < -0.3 is 4.74 Å². The molecule has 0 N–H and O–H groups in total. The van der Waals surface area contributed by atoms with E-state index in [-0.39, 0.29) is 33.0 Å². The van der Waals surface area contributed by atoms with Crippen molar-refractivity contribution in [2.75, 3.05) is 7.05 Å². The molecular formula is C23H16ClNO5S. The highest BCUT2D eigenvalue weighted by atomic mass is 35.5. The highest BCUT2D eigenvalue weighted by molar-refractivity contribution is 7.89. The first-order chi connectivity index (χ1) is 14.8. The molecule has 31 heavy (non-hydrogen) atoms. The van der Waals surface area contributed by atoms with Crippen LogP contribution in [-0.4, -0.2) is 31.5 Å². The molecule has 0 saturated heterocycles. The number of ketones is 1. The summed E-state index contributed by atoms with van der Waals surface area (Å²) >= 11 is 5.88. The molecule has 0 saturated carbocycles. The minimum Gasteiger partial charge on any atom is -0.420 e. The largest absolute Gasteiger partial charge is 0.420 e. The van der Waals surface area contributed by atoms with Gasteiger partial charge in [0.1, 0.15) is 5.70 Å². The van der Waals surface area contributed by atoms with Crippen molar-refractivity contribution in [3.63, 3.8) is 0 Å². The Morgan fingerprint density at radius 2 is 1.45 bits per heavy atom. The zero-order chi connectivity index (χ0) is 22.2. The van der Waals surface area contributed by atoms with Crippen molar-refractivity contribution < 1.29 is 22.7 Å². The number of Topliss-reactive ketones (excluding diaryl/α,β-unsaturated/α-hetero) is 1. The van der Waals surface area contributed by atoms with E-state index in [9.17, 15) is 18.0 Å². The molecule has 0 fully saturated rings. The van der Waals surface area contributed by atoms with Gasteiger partial charge in [0, 0.05) is 23.2 Å². The Bertz CT molecular complexity index is 1320. The van der Waals surface area contributed by atoms with E-state index in [1.165, 1.54) is 43.4 Å². The Kier molecular flexibility index (Phi) is 5.39. The van der Waals surface area contributed by atoms with Crippen molar-refractivity contribution in [2.24, 2.45) is 0 Å². The number of likely N-dealkylation sites (N-methyl/N-ethyl adjacent to an activating group) is 1. The summed E-state index contributed by atoms with van der Waals surface area (Å²) in [5, 5.41) is 0.449. The van der Waals surface area contributed by atoms with Gasteiger partial charge in [-0.05, 0) is 36.4 Å². The fourth-order valence-electron chi connectivity index (χ4n) is 3.23. The maximum absolute atomic E-state index is 13.3.